The van der Waals surface area contributed by atoms with Crippen LogP contribution in [-0.4, -0.2) is 21.1 Å². The molecule has 2 heterocycles. The lowest BCUT2D eigenvalue weighted by molar-refractivity contribution is 0.775. The van der Waals surface area contributed by atoms with Gasteiger partial charge in [0.1, 0.15) is 11.3 Å². The Labute approximate surface area is 123 Å². The Morgan fingerprint density at radius 3 is 2.67 bits per heavy atom. The summed E-state index contributed by atoms with van der Waals surface area (Å²) in [5.41, 5.74) is 10.2. The number of pyridine rings is 1. The number of nitrogens with two attached hydrogens (primary N) is 1. The zero-order valence-electron chi connectivity index (χ0n) is 11.9. The van der Waals surface area contributed by atoms with Crippen LogP contribution in [0.2, 0.25) is 0 Å². The lowest BCUT2D eigenvalue weighted by Gasteiger charge is -2.08. The minimum Gasteiger partial charge on any atom is -0.330 e. The van der Waals surface area contributed by atoms with Crippen LogP contribution in [0, 0.1) is 0 Å². The molecule has 0 atom stereocenters. The summed E-state index contributed by atoms with van der Waals surface area (Å²) in [6.07, 6.45) is 7.10. The molecular formula is C17H18N4. The predicted octanol–water partition coefficient (Wildman–Crippen LogP) is 2.93. The average Bonchev–Trinajstić information content (AvgIpc) is 3.28. The number of imidazole rings is 1. The van der Waals surface area contributed by atoms with Crippen molar-refractivity contribution in [2.24, 2.45) is 5.73 Å². The Hall–Kier alpha value is -2.20. The molecule has 0 radical (unpaired) electrons. The molecule has 1 saturated carbocycles. The molecule has 0 amide bonds. The molecule has 4 heteroatoms. The highest BCUT2D eigenvalue weighted by atomic mass is 15.1. The van der Waals surface area contributed by atoms with Gasteiger partial charge in [-0.05, 0) is 37.4 Å². The molecule has 0 saturated heterocycles. The standard InChI is InChI=1S/C17H18N4/c18-9-7-12-1-3-13(4-2-12)17-20-15-11-19-10-8-16(15)21(17)14-5-6-14/h1-4,8,10-11,14H,5-7,9,18H2. The molecule has 1 aliphatic carbocycles. The minimum atomic E-state index is 0.594. The molecule has 0 aliphatic heterocycles. The predicted molar refractivity (Wildman–Crippen MR) is 84.0 cm³/mol. The number of benzene rings is 1. The van der Waals surface area contributed by atoms with E-state index in [1.54, 1.807) is 0 Å². The molecule has 2 N–H and O–H groups in total. The van der Waals surface area contributed by atoms with E-state index in [-0.39, 0.29) is 0 Å². The van der Waals surface area contributed by atoms with Crippen molar-refractivity contribution in [1.29, 1.82) is 0 Å². The van der Waals surface area contributed by atoms with Crippen LogP contribution < -0.4 is 5.73 Å². The normalized spacial score (nSPS) is 14.7. The van der Waals surface area contributed by atoms with Crippen LogP contribution in [-0.2, 0) is 6.42 Å². The zero-order valence-corrected chi connectivity index (χ0v) is 11.9. The van der Waals surface area contributed by atoms with Gasteiger partial charge in [-0.3, -0.25) is 4.98 Å². The first-order chi connectivity index (χ1) is 10.4. The van der Waals surface area contributed by atoms with Gasteiger partial charge >= 0.3 is 0 Å². The number of hydrogen-bond donors (Lipinski definition) is 1. The monoisotopic (exact) mass is 278 g/mol. The first-order valence-corrected chi connectivity index (χ1v) is 7.48. The first-order valence-electron chi connectivity index (χ1n) is 7.48. The third-order valence-electron chi connectivity index (χ3n) is 4.05. The molecule has 4 rings (SSSR count). The van der Waals surface area contributed by atoms with Crippen LogP contribution in [0.3, 0.4) is 0 Å². The van der Waals surface area contributed by atoms with Gasteiger partial charge in [-0.1, -0.05) is 24.3 Å². The molecule has 21 heavy (non-hydrogen) atoms. The van der Waals surface area contributed by atoms with E-state index < -0.39 is 0 Å². The topological polar surface area (TPSA) is 56.7 Å². The molecule has 0 unspecified atom stereocenters. The fourth-order valence-corrected chi connectivity index (χ4v) is 2.84. The third kappa shape index (κ3) is 2.21. The number of aromatic nitrogens is 3. The van der Waals surface area contributed by atoms with E-state index in [2.05, 4.69) is 39.9 Å². The number of nitrogens with zero attached hydrogens (tertiary/aromatic N) is 3. The third-order valence-corrected chi connectivity index (χ3v) is 4.05. The Morgan fingerprint density at radius 1 is 1.14 bits per heavy atom. The summed E-state index contributed by atoms with van der Waals surface area (Å²) in [7, 11) is 0. The maximum atomic E-state index is 5.61. The Kier molecular flexibility index (Phi) is 2.97. The lowest BCUT2D eigenvalue weighted by Crippen LogP contribution is -2.02. The Morgan fingerprint density at radius 2 is 1.95 bits per heavy atom. The second-order valence-electron chi connectivity index (χ2n) is 5.64. The van der Waals surface area contributed by atoms with E-state index in [1.807, 2.05) is 12.4 Å². The lowest BCUT2D eigenvalue weighted by atomic mass is 10.1. The highest BCUT2D eigenvalue weighted by Gasteiger charge is 2.28. The number of rotatable bonds is 4. The smallest absolute Gasteiger partial charge is 0.141 e. The van der Waals surface area contributed by atoms with Crippen molar-refractivity contribution in [2.75, 3.05) is 6.54 Å². The van der Waals surface area contributed by atoms with Crippen molar-refractivity contribution in [2.45, 2.75) is 25.3 Å². The summed E-state index contributed by atoms with van der Waals surface area (Å²) < 4.78 is 2.37. The second-order valence-corrected chi connectivity index (χ2v) is 5.64. The van der Waals surface area contributed by atoms with E-state index in [0.717, 1.165) is 17.8 Å². The van der Waals surface area contributed by atoms with E-state index >= 15 is 0 Å². The summed E-state index contributed by atoms with van der Waals surface area (Å²) >= 11 is 0. The van der Waals surface area contributed by atoms with Crippen molar-refractivity contribution < 1.29 is 0 Å². The number of hydrogen-bond acceptors (Lipinski definition) is 3. The largest absolute Gasteiger partial charge is 0.330 e. The fraction of sp³-hybridized carbons (Fsp3) is 0.294. The van der Waals surface area contributed by atoms with E-state index in [9.17, 15) is 0 Å². The molecule has 0 spiro atoms. The van der Waals surface area contributed by atoms with Gasteiger partial charge < -0.3 is 10.3 Å². The summed E-state index contributed by atoms with van der Waals surface area (Å²) in [6.45, 7) is 0.686. The average molecular weight is 278 g/mol. The molecule has 1 fully saturated rings. The molecular weight excluding hydrogens is 260 g/mol. The van der Waals surface area contributed by atoms with Crippen LogP contribution in [0.25, 0.3) is 22.4 Å². The van der Waals surface area contributed by atoms with Crippen LogP contribution in [0.15, 0.2) is 42.7 Å². The van der Waals surface area contributed by atoms with Gasteiger partial charge in [0.2, 0.25) is 0 Å². The fourth-order valence-electron chi connectivity index (χ4n) is 2.84. The molecule has 2 aromatic heterocycles. The Balaban J connectivity index is 1.83. The minimum absolute atomic E-state index is 0.594. The summed E-state index contributed by atoms with van der Waals surface area (Å²) in [5, 5.41) is 0. The van der Waals surface area contributed by atoms with E-state index in [4.69, 9.17) is 10.7 Å². The van der Waals surface area contributed by atoms with Gasteiger partial charge in [0.15, 0.2) is 0 Å². The van der Waals surface area contributed by atoms with Gasteiger partial charge in [0.05, 0.1) is 11.7 Å². The molecule has 0 bridgehead atoms. The summed E-state index contributed by atoms with van der Waals surface area (Å²) in [4.78, 5) is 8.99. The summed E-state index contributed by atoms with van der Waals surface area (Å²) in [6, 6.07) is 11.3. The molecule has 106 valence electrons. The Bertz CT molecular complexity index is 769. The number of fused-ring (bicyclic) bond motifs is 1. The zero-order chi connectivity index (χ0) is 14.2. The molecule has 1 aromatic carbocycles. The highest BCUT2D eigenvalue weighted by molar-refractivity contribution is 5.80. The van der Waals surface area contributed by atoms with Crippen LogP contribution in [0.4, 0.5) is 0 Å². The van der Waals surface area contributed by atoms with Gasteiger partial charge in [0.25, 0.3) is 0 Å². The quantitative estimate of drug-likeness (QED) is 0.798. The van der Waals surface area contributed by atoms with Crippen molar-refractivity contribution in [3.05, 3.63) is 48.3 Å². The van der Waals surface area contributed by atoms with Gasteiger partial charge in [0, 0.05) is 17.8 Å². The van der Waals surface area contributed by atoms with Gasteiger partial charge in [-0.2, -0.15) is 0 Å². The van der Waals surface area contributed by atoms with Gasteiger partial charge in [-0.15, -0.1) is 0 Å². The molecule has 4 nitrogen and oxygen atoms in total. The van der Waals surface area contributed by atoms with Crippen LogP contribution >= 0.6 is 0 Å². The first kappa shape index (κ1) is 12.5. The maximum Gasteiger partial charge on any atom is 0.141 e. The van der Waals surface area contributed by atoms with E-state index in [0.29, 0.717) is 12.6 Å². The van der Waals surface area contributed by atoms with Crippen molar-refractivity contribution in [3.63, 3.8) is 0 Å². The maximum absolute atomic E-state index is 5.61. The second kappa shape index (κ2) is 4.97. The van der Waals surface area contributed by atoms with Gasteiger partial charge in [-0.25, -0.2) is 4.98 Å². The van der Waals surface area contributed by atoms with Crippen LogP contribution in [0.1, 0.15) is 24.4 Å². The van der Waals surface area contributed by atoms with Crippen LogP contribution in [0.5, 0.6) is 0 Å². The summed E-state index contributed by atoms with van der Waals surface area (Å²) in [5.74, 6) is 1.06. The van der Waals surface area contributed by atoms with E-state index in [1.165, 1.54) is 29.5 Å². The van der Waals surface area contributed by atoms with Crippen molar-refractivity contribution in [1.82, 2.24) is 14.5 Å². The highest BCUT2D eigenvalue weighted by Crippen LogP contribution is 2.41. The van der Waals surface area contributed by atoms with Crippen molar-refractivity contribution >= 4 is 11.0 Å². The SMILES string of the molecule is NCCc1ccc(-c2nc3cnccc3n2C2CC2)cc1. The molecule has 3 aromatic rings. The molecule has 1 aliphatic rings. The van der Waals surface area contributed by atoms with Crippen molar-refractivity contribution in [3.8, 4) is 11.4 Å².